The van der Waals surface area contributed by atoms with Crippen molar-refractivity contribution < 1.29 is 4.74 Å². The van der Waals surface area contributed by atoms with Gasteiger partial charge in [0.2, 0.25) is 0 Å². The maximum absolute atomic E-state index is 5.26. The molecule has 3 heterocycles. The molecule has 1 atom stereocenters. The maximum atomic E-state index is 5.26. The van der Waals surface area contributed by atoms with E-state index in [4.69, 9.17) is 9.72 Å². The molecule has 1 aliphatic heterocycles. The van der Waals surface area contributed by atoms with Crippen LogP contribution in [0.2, 0.25) is 0 Å². The van der Waals surface area contributed by atoms with Crippen LogP contribution in [0.5, 0.6) is 0 Å². The molecule has 0 saturated carbocycles. The first-order valence-electron chi connectivity index (χ1n) is 8.75. The molecule has 0 aliphatic carbocycles. The molecule has 0 bridgehead atoms. The molecule has 5 heteroatoms. The van der Waals surface area contributed by atoms with Gasteiger partial charge in [0, 0.05) is 38.4 Å². The quantitative estimate of drug-likeness (QED) is 0.822. The lowest BCUT2D eigenvalue weighted by molar-refractivity contribution is 0.0988. The van der Waals surface area contributed by atoms with Crippen molar-refractivity contribution in [1.29, 1.82) is 0 Å². The van der Waals surface area contributed by atoms with Crippen LogP contribution in [0.1, 0.15) is 38.9 Å². The molecule has 0 N–H and O–H groups in total. The summed E-state index contributed by atoms with van der Waals surface area (Å²) in [5.74, 6) is 1.09. The van der Waals surface area contributed by atoms with Gasteiger partial charge in [0.25, 0.3) is 0 Å². The topological polar surface area (TPSA) is 43.2 Å². The highest BCUT2D eigenvalue weighted by Gasteiger charge is 2.26. The van der Waals surface area contributed by atoms with Crippen LogP contribution in [-0.2, 0) is 17.7 Å². The van der Waals surface area contributed by atoms with Gasteiger partial charge in [-0.2, -0.15) is 0 Å². The molecule has 0 spiro atoms. The number of rotatable bonds is 6. The van der Waals surface area contributed by atoms with Gasteiger partial charge >= 0.3 is 0 Å². The fourth-order valence-corrected chi connectivity index (χ4v) is 3.69. The van der Waals surface area contributed by atoms with Crippen LogP contribution < -0.4 is 0 Å². The Balaban J connectivity index is 1.90. The minimum absolute atomic E-state index is 0.574. The van der Waals surface area contributed by atoms with Gasteiger partial charge in [-0.1, -0.05) is 6.42 Å². The number of fused-ring (bicyclic) bond motifs is 1. The number of likely N-dealkylation sites (tertiary alicyclic amines) is 1. The summed E-state index contributed by atoms with van der Waals surface area (Å²) in [6.45, 7) is 7.48. The largest absolute Gasteiger partial charge is 0.384 e. The Morgan fingerprint density at radius 1 is 1.35 bits per heavy atom. The number of pyridine rings is 1. The van der Waals surface area contributed by atoms with Crippen LogP contribution in [0.3, 0.4) is 0 Å². The Labute approximate surface area is 138 Å². The number of hydrogen-bond donors (Lipinski definition) is 0. The zero-order chi connectivity index (χ0) is 16.2. The number of ether oxygens (including phenoxy) is 1. The van der Waals surface area contributed by atoms with Gasteiger partial charge in [-0.3, -0.25) is 4.90 Å². The Bertz CT molecular complexity index is 637. The van der Waals surface area contributed by atoms with Crippen LogP contribution in [0.4, 0.5) is 0 Å². The molecule has 1 unspecified atom stereocenters. The molecule has 23 heavy (non-hydrogen) atoms. The van der Waals surface area contributed by atoms with E-state index >= 15 is 0 Å². The molecule has 5 nitrogen and oxygen atoms in total. The molecule has 1 aliphatic rings. The molecule has 1 fully saturated rings. The average Bonchev–Trinajstić information content (AvgIpc) is 2.91. The summed E-state index contributed by atoms with van der Waals surface area (Å²) in [5, 5.41) is 0. The maximum Gasteiger partial charge on any atom is 0.160 e. The van der Waals surface area contributed by atoms with Crippen LogP contribution in [0, 0.1) is 0 Å². The van der Waals surface area contributed by atoms with Gasteiger partial charge < -0.3 is 9.30 Å². The zero-order valence-electron chi connectivity index (χ0n) is 14.5. The second-order valence-electron chi connectivity index (χ2n) is 6.71. The number of methoxy groups -OCH3 is 1. The Morgan fingerprint density at radius 3 is 3.00 bits per heavy atom. The predicted octanol–water partition coefficient (Wildman–Crippen LogP) is 2.88. The van der Waals surface area contributed by atoms with E-state index < -0.39 is 0 Å². The summed E-state index contributed by atoms with van der Waals surface area (Å²) in [7, 11) is 1.74. The zero-order valence-corrected chi connectivity index (χ0v) is 14.5. The molecule has 0 radical (unpaired) electrons. The standard InChI is InChI=1S/C18H28N4O/c1-14(2)21-11-5-4-7-15(21)13-22-17(9-12-23-3)20-16-8-6-10-19-18(16)22/h6,8,10,14-15H,4-5,7,9,11-13H2,1-3H3. The Hall–Kier alpha value is -1.46. The Morgan fingerprint density at radius 2 is 2.22 bits per heavy atom. The second-order valence-corrected chi connectivity index (χ2v) is 6.71. The number of hydrogen-bond acceptors (Lipinski definition) is 4. The fourth-order valence-electron chi connectivity index (χ4n) is 3.69. The smallest absolute Gasteiger partial charge is 0.160 e. The average molecular weight is 316 g/mol. The van der Waals surface area contributed by atoms with E-state index in [1.165, 1.54) is 25.8 Å². The van der Waals surface area contributed by atoms with E-state index in [9.17, 15) is 0 Å². The normalized spacial score (nSPS) is 19.7. The first-order valence-corrected chi connectivity index (χ1v) is 8.75. The van der Waals surface area contributed by atoms with Crippen molar-refractivity contribution in [3.63, 3.8) is 0 Å². The van der Waals surface area contributed by atoms with Crippen molar-refractivity contribution in [2.75, 3.05) is 20.3 Å². The van der Waals surface area contributed by atoms with Gasteiger partial charge in [-0.05, 0) is 45.4 Å². The molecular formula is C18H28N4O. The second kappa shape index (κ2) is 7.41. The molecule has 3 rings (SSSR count). The summed E-state index contributed by atoms with van der Waals surface area (Å²) in [4.78, 5) is 12.0. The first kappa shape index (κ1) is 16.4. The highest BCUT2D eigenvalue weighted by atomic mass is 16.5. The van der Waals surface area contributed by atoms with Crippen LogP contribution in [0.15, 0.2) is 18.3 Å². The summed E-state index contributed by atoms with van der Waals surface area (Å²) < 4.78 is 7.58. The number of imidazole rings is 1. The van der Waals surface area contributed by atoms with E-state index in [0.717, 1.165) is 30.0 Å². The SMILES string of the molecule is COCCc1nc2cccnc2n1CC1CCCCN1C(C)C. The molecular weight excluding hydrogens is 288 g/mol. The molecule has 126 valence electrons. The molecule has 1 saturated heterocycles. The van der Waals surface area contributed by atoms with Gasteiger partial charge in [0.15, 0.2) is 5.65 Å². The molecule has 2 aromatic rings. The third-order valence-corrected chi connectivity index (χ3v) is 4.84. The predicted molar refractivity (Wildman–Crippen MR) is 92.6 cm³/mol. The lowest BCUT2D eigenvalue weighted by atomic mass is 10.00. The highest BCUT2D eigenvalue weighted by molar-refractivity contribution is 5.71. The summed E-state index contributed by atoms with van der Waals surface area (Å²) in [6, 6.07) is 5.17. The molecule has 0 aromatic carbocycles. The summed E-state index contributed by atoms with van der Waals surface area (Å²) in [5.41, 5.74) is 2.00. The lowest BCUT2D eigenvalue weighted by Gasteiger charge is -2.39. The Kier molecular flexibility index (Phi) is 5.28. The van der Waals surface area contributed by atoms with E-state index in [1.54, 1.807) is 7.11 Å². The number of piperidine rings is 1. The van der Waals surface area contributed by atoms with Crippen molar-refractivity contribution >= 4 is 11.2 Å². The van der Waals surface area contributed by atoms with Crippen molar-refractivity contribution in [1.82, 2.24) is 19.4 Å². The van der Waals surface area contributed by atoms with Gasteiger partial charge in [0.05, 0.1) is 6.61 Å². The third kappa shape index (κ3) is 3.56. The van der Waals surface area contributed by atoms with Crippen LogP contribution in [0.25, 0.3) is 11.2 Å². The number of nitrogens with zero attached hydrogens (tertiary/aromatic N) is 4. The summed E-state index contributed by atoms with van der Waals surface area (Å²) in [6.07, 6.45) is 6.59. The van der Waals surface area contributed by atoms with E-state index in [1.807, 2.05) is 12.3 Å². The number of aromatic nitrogens is 3. The third-order valence-electron chi connectivity index (χ3n) is 4.84. The monoisotopic (exact) mass is 316 g/mol. The lowest BCUT2D eigenvalue weighted by Crippen LogP contribution is -2.46. The van der Waals surface area contributed by atoms with E-state index in [-0.39, 0.29) is 0 Å². The van der Waals surface area contributed by atoms with E-state index in [2.05, 4.69) is 34.4 Å². The van der Waals surface area contributed by atoms with Crippen LogP contribution in [-0.4, -0.2) is 51.8 Å². The fraction of sp³-hybridized carbons (Fsp3) is 0.667. The highest BCUT2D eigenvalue weighted by Crippen LogP contribution is 2.23. The van der Waals surface area contributed by atoms with Gasteiger partial charge in [0.1, 0.15) is 11.3 Å². The van der Waals surface area contributed by atoms with E-state index in [0.29, 0.717) is 18.7 Å². The van der Waals surface area contributed by atoms with Crippen molar-refractivity contribution in [3.8, 4) is 0 Å². The van der Waals surface area contributed by atoms with Crippen molar-refractivity contribution in [3.05, 3.63) is 24.2 Å². The minimum atomic E-state index is 0.574. The van der Waals surface area contributed by atoms with Crippen molar-refractivity contribution in [2.24, 2.45) is 0 Å². The molecule has 2 aromatic heterocycles. The summed E-state index contributed by atoms with van der Waals surface area (Å²) >= 11 is 0. The van der Waals surface area contributed by atoms with Crippen molar-refractivity contribution in [2.45, 2.75) is 58.2 Å². The first-order chi connectivity index (χ1) is 11.2. The molecule has 0 amide bonds. The van der Waals surface area contributed by atoms with Crippen LogP contribution >= 0.6 is 0 Å². The minimum Gasteiger partial charge on any atom is -0.384 e. The van der Waals surface area contributed by atoms with Gasteiger partial charge in [-0.15, -0.1) is 0 Å². The van der Waals surface area contributed by atoms with Gasteiger partial charge in [-0.25, -0.2) is 9.97 Å².